The van der Waals surface area contributed by atoms with Crippen LogP contribution in [0.4, 0.5) is 14.6 Å². The molecule has 0 spiro atoms. The van der Waals surface area contributed by atoms with Crippen LogP contribution in [0.15, 0.2) is 36.5 Å². The van der Waals surface area contributed by atoms with Gasteiger partial charge in [-0.05, 0) is 18.6 Å². The number of pyridine rings is 1. The predicted octanol–water partition coefficient (Wildman–Crippen LogP) is 4.19. The van der Waals surface area contributed by atoms with Crippen molar-refractivity contribution in [3.63, 3.8) is 0 Å². The molecule has 2 nitrogen and oxygen atoms in total. The Kier molecular flexibility index (Phi) is 3.77. The molecule has 1 aromatic heterocycles. The molecule has 0 aliphatic carbocycles. The van der Waals surface area contributed by atoms with Crippen LogP contribution in [0.3, 0.4) is 0 Å². The summed E-state index contributed by atoms with van der Waals surface area (Å²) in [7, 11) is 0. The topological polar surface area (TPSA) is 24.9 Å². The van der Waals surface area contributed by atoms with Crippen LogP contribution in [0, 0.1) is 11.6 Å². The van der Waals surface area contributed by atoms with Gasteiger partial charge in [0.2, 0.25) is 0 Å². The van der Waals surface area contributed by atoms with E-state index in [4.69, 9.17) is 11.6 Å². The third-order valence-corrected chi connectivity index (χ3v) is 2.88. The summed E-state index contributed by atoms with van der Waals surface area (Å²) in [5, 5.41) is 3.44. The van der Waals surface area contributed by atoms with Gasteiger partial charge in [0.25, 0.3) is 0 Å². The monoisotopic (exact) mass is 268 g/mol. The highest BCUT2D eigenvalue weighted by molar-refractivity contribution is 6.31. The lowest BCUT2D eigenvalue weighted by Crippen LogP contribution is -2.10. The Morgan fingerprint density at radius 1 is 1.28 bits per heavy atom. The minimum Gasteiger partial charge on any atom is -0.361 e. The second kappa shape index (κ2) is 5.31. The second-order valence-corrected chi connectivity index (χ2v) is 4.28. The SMILES string of the molecule is CC(Nc1ncc(F)cc1F)c1ccccc1Cl. The number of hydrogen-bond donors (Lipinski definition) is 1. The van der Waals surface area contributed by atoms with Crippen molar-refractivity contribution in [2.45, 2.75) is 13.0 Å². The summed E-state index contributed by atoms with van der Waals surface area (Å²) in [6.45, 7) is 1.83. The highest BCUT2D eigenvalue weighted by Gasteiger charge is 2.12. The van der Waals surface area contributed by atoms with E-state index in [0.717, 1.165) is 17.8 Å². The van der Waals surface area contributed by atoms with E-state index in [1.807, 2.05) is 25.1 Å². The van der Waals surface area contributed by atoms with E-state index in [0.29, 0.717) is 5.02 Å². The van der Waals surface area contributed by atoms with Crippen LogP contribution in [-0.4, -0.2) is 4.98 Å². The number of benzene rings is 1. The molecule has 0 amide bonds. The summed E-state index contributed by atoms with van der Waals surface area (Å²) in [4.78, 5) is 3.67. The maximum atomic E-state index is 13.4. The largest absolute Gasteiger partial charge is 0.361 e. The Bertz CT molecular complexity index is 560. The standard InChI is InChI=1S/C13H11ClF2N2/c1-8(10-4-2-3-5-11(10)14)18-13-12(16)6-9(15)7-17-13/h2-8H,1H3,(H,17,18). The van der Waals surface area contributed by atoms with Gasteiger partial charge < -0.3 is 5.32 Å². The van der Waals surface area contributed by atoms with Crippen molar-refractivity contribution in [3.8, 4) is 0 Å². The van der Waals surface area contributed by atoms with E-state index in [9.17, 15) is 8.78 Å². The molecule has 0 aliphatic rings. The average molecular weight is 269 g/mol. The number of nitrogens with one attached hydrogen (secondary N) is 1. The van der Waals surface area contributed by atoms with Crippen molar-refractivity contribution >= 4 is 17.4 Å². The van der Waals surface area contributed by atoms with Crippen LogP contribution in [0.25, 0.3) is 0 Å². The first-order valence-corrected chi connectivity index (χ1v) is 5.77. The van der Waals surface area contributed by atoms with Gasteiger partial charge in [0.1, 0.15) is 5.82 Å². The summed E-state index contributed by atoms with van der Waals surface area (Å²) in [6.07, 6.45) is 0.963. The normalized spacial score (nSPS) is 12.2. The molecule has 1 unspecified atom stereocenters. The van der Waals surface area contributed by atoms with Crippen molar-refractivity contribution < 1.29 is 8.78 Å². The summed E-state index contributed by atoms with van der Waals surface area (Å²) in [6, 6.07) is 7.80. The summed E-state index contributed by atoms with van der Waals surface area (Å²) in [5.74, 6) is -1.43. The Morgan fingerprint density at radius 2 is 2.00 bits per heavy atom. The third kappa shape index (κ3) is 2.76. The van der Waals surface area contributed by atoms with Gasteiger partial charge in [-0.15, -0.1) is 0 Å². The second-order valence-electron chi connectivity index (χ2n) is 3.87. The molecule has 0 saturated carbocycles. The highest BCUT2D eigenvalue weighted by atomic mass is 35.5. The van der Waals surface area contributed by atoms with Crippen molar-refractivity contribution in [1.82, 2.24) is 4.98 Å². The Balaban J connectivity index is 2.21. The maximum Gasteiger partial charge on any atom is 0.168 e. The van der Waals surface area contributed by atoms with E-state index in [2.05, 4.69) is 10.3 Å². The van der Waals surface area contributed by atoms with E-state index in [-0.39, 0.29) is 11.9 Å². The molecule has 0 bridgehead atoms. The van der Waals surface area contributed by atoms with E-state index >= 15 is 0 Å². The lowest BCUT2D eigenvalue weighted by molar-refractivity contribution is 0.574. The fraction of sp³-hybridized carbons (Fsp3) is 0.154. The average Bonchev–Trinajstić information content (AvgIpc) is 2.33. The quantitative estimate of drug-likeness (QED) is 0.903. The van der Waals surface area contributed by atoms with Gasteiger partial charge in [-0.1, -0.05) is 29.8 Å². The van der Waals surface area contributed by atoms with Gasteiger partial charge in [0, 0.05) is 11.1 Å². The Morgan fingerprint density at radius 3 is 2.67 bits per heavy atom. The minimum atomic E-state index is -0.728. The van der Waals surface area contributed by atoms with Crippen molar-refractivity contribution in [2.75, 3.05) is 5.32 Å². The molecule has 1 atom stereocenters. The minimum absolute atomic E-state index is 0.00354. The van der Waals surface area contributed by atoms with Crippen LogP contribution >= 0.6 is 11.6 Å². The van der Waals surface area contributed by atoms with Gasteiger partial charge >= 0.3 is 0 Å². The van der Waals surface area contributed by atoms with Crippen LogP contribution in [0.5, 0.6) is 0 Å². The number of anilines is 1. The van der Waals surface area contributed by atoms with Crippen LogP contribution < -0.4 is 5.32 Å². The zero-order chi connectivity index (χ0) is 13.1. The first kappa shape index (κ1) is 12.8. The number of aromatic nitrogens is 1. The lowest BCUT2D eigenvalue weighted by Gasteiger charge is -2.16. The molecule has 1 heterocycles. The molecule has 0 saturated heterocycles. The smallest absolute Gasteiger partial charge is 0.168 e. The van der Waals surface area contributed by atoms with Gasteiger partial charge in [-0.2, -0.15) is 0 Å². The molecule has 0 aliphatic heterocycles. The Labute approximate surface area is 109 Å². The molecule has 1 aromatic carbocycles. The third-order valence-electron chi connectivity index (χ3n) is 2.53. The molecule has 0 radical (unpaired) electrons. The van der Waals surface area contributed by atoms with E-state index in [1.54, 1.807) is 6.07 Å². The summed E-state index contributed by atoms with van der Waals surface area (Å²) >= 11 is 6.04. The first-order valence-electron chi connectivity index (χ1n) is 5.40. The molecule has 5 heteroatoms. The zero-order valence-corrected chi connectivity index (χ0v) is 10.4. The van der Waals surface area contributed by atoms with Gasteiger partial charge in [0.05, 0.1) is 12.2 Å². The molecule has 18 heavy (non-hydrogen) atoms. The van der Waals surface area contributed by atoms with Crippen molar-refractivity contribution in [2.24, 2.45) is 0 Å². The molecule has 2 aromatic rings. The van der Waals surface area contributed by atoms with E-state index < -0.39 is 11.6 Å². The predicted molar refractivity (Wildman–Crippen MR) is 67.6 cm³/mol. The molecule has 2 rings (SSSR count). The van der Waals surface area contributed by atoms with E-state index in [1.165, 1.54) is 0 Å². The van der Waals surface area contributed by atoms with Crippen LogP contribution in [0.1, 0.15) is 18.5 Å². The van der Waals surface area contributed by atoms with Gasteiger partial charge in [0.15, 0.2) is 11.6 Å². The Hall–Kier alpha value is -1.68. The van der Waals surface area contributed by atoms with Crippen molar-refractivity contribution in [1.29, 1.82) is 0 Å². The first-order chi connectivity index (χ1) is 8.58. The van der Waals surface area contributed by atoms with Crippen molar-refractivity contribution in [3.05, 3.63) is 58.7 Å². The zero-order valence-electron chi connectivity index (χ0n) is 9.62. The van der Waals surface area contributed by atoms with Crippen LogP contribution in [0.2, 0.25) is 5.02 Å². The molecule has 94 valence electrons. The number of hydrogen-bond acceptors (Lipinski definition) is 2. The number of halogens is 3. The fourth-order valence-corrected chi connectivity index (χ4v) is 1.93. The summed E-state index contributed by atoms with van der Waals surface area (Å²) in [5.41, 5.74) is 0.824. The fourth-order valence-electron chi connectivity index (χ4n) is 1.63. The lowest BCUT2D eigenvalue weighted by atomic mass is 10.1. The highest BCUT2D eigenvalue weighted by Crippen LogP contribution is 2.25. The number of nitrogens with zero attached hydrogens (tertiary/aromatic N) is 1. The maximum absolute atomic E-state index is 13.4. The molecular weight excluding hydrogens is 258 g/mol. The molecule has 0 fully saturated rings. The number of rotatable bonds is 3. The van der Waals surface area contributed by atoms with Crippen LogP contribution in [-0.2, 0) is 0 Å². The van der Waals surface area contributed by atoms with Gasteiger partial charge in [-0.25, -0.2) is 13.8 Å². The molecule has 1 N–H and O–H groups in total. The molecular formula is C13H11ClF2N2. The summed E-state index contributed by atoms with van der Waals surface area (Å²) < 4.78 is 26.1. The van der Waals surface area contributed by atoms with Gasteiger partial charge in [-0.3, -0.25) is 0 Å².